The molecule has 0 saturated carbocycles. The Hall–Kier alpha value is -2.89. The topological polar surface area (TPSA) is 68.5 Å². The summed E-state index contributed by atoms with van der Waals surface area (Å²) in [5.41, 5.74) is 2.62. The van der Waals surface area contributed by atoms with E-state index in [0.717, 1.165) is 11.3 Å². The number of anilines is 1. The summed E-state index contributed by atoms with van der Waals surface area (Å²) >= 11 is 0. The molecule has 0 aliphatic carbocycles. The minimum Gasteiger partial charge on any atom is -0.480 e. The maximum Gasteiger partial charge on any atom is 0.263 e. The number of aromatic nitrogens is 3. The van der Waals surface area contributed by atoms with Crippen molar-refractivity contribution >= 4 is 17.4 Å². The van der Waals surface area contributed by atoms with Crippen molar-refractivity contribution in [3.05, 3.63) is 54.1 Å². The average molecular weight is 296 g/mol. The van der Waals surface area contributed by atoms with Crippen LogP contribution in [-0.2, 0) is 4.79 Å². The van der Waals surface area contributed by atoms with Gasteiger partial charge in [0.25, 0.3) is 5.91 Å². The van der Waals surface area contributed by atoms with Crippen LogP contribution in [0.5, 0.6) is 5.75 Å². The Kier molecular flexibility index (Phi) is 3.74. The van der Waals surface area contributed by atoms with Crippen molar-refractivity contribution in [2.45, 2.75) is 13.8 Å². The van der Waals surface area contributed by atoms with Crippen LogP contribution >= 0.6 is 0 Å². The third-order valence-electron chi connectivity index (χ3n) is 3.11. The minimum atomic E-state index is -0.261. The first-order valence-electron chi connectivity index (χ1n) is 6.91. The fourth-order valence-corrected chi connectivity index (χ4v) is 2.15. The van der Waals surface area contributed by atoms with Crippen molar-refractivity contribution in [1.29, 1.82) is 0 Å². The van der Waals surface area contributed by atoms with E-state index in [1.165, 1.54) is 0 Å². The van der Waals surface area contributed by atoms with Crippen molar-refractivity contribution in [2.24, 2.45) is 0 Å². The predicted octanol–water partition coefficient (Wildman–Crippen LogP) is 2.36. The standard InChI is InChI=1S/C16H16N4O2/c1-11-5-6-17-14(8-11)19-15(21)10-22-13-4-3-7-20-9-12(2)18-16(13)20/h3-9H,10H2,1-2H3,(H,17,19,21). The fourth-order valence-electron chi connectivity index (χ4n) is 2.15. The Morgan fingerprint density at radius 3 is 3.05 bits per heavy atom. The zero-order valence-corrected chi connectivity index (χ0v) is 12.4. The second-order valence-corrected chi connectivity index (χ2v) is 5.04. The second-order valence-electron chi connectivity index (χ2n) is 5.04. The first kappa shape index (κ1) is 14.1. The smallest absolute Gasteiger partial charge is 0.263 e. The molecule has 0 fully saturated rings. The molecule has 112 valence electrons. The third kappa shape index (κ3) is 3.06. The highest BCUT2D eigenvalue weighted by atomic mass is 16.5. The van der Waals surface area contributed by atoms with Crippen molar-refractivity contribution in [3.63, 3.8) is 0 Å². The number of nitrogens with zero attached hydrogens (tertiary/aromatic N) is 3. The molecule has 1 N–H and O–H groups in total. The molecule has 0 bridgehead atoms. The van der Waals surface area contributed by atoms with Gasteiger partial charge < -0.3 is 14.5 Å². The van der Waals surface area contributed by atoms with Crippen molar-refractivity contribution in [2.75, 3.05) is 11.9 Å². The summed E-state index contributed by atoms with van der Waals surface area (Å²) in [6, 6.07) is 7.31. The summed E-state index contributed by atoms with van der Waals surface area (Å²) < 4.78 is 7.44. The molecule has 6 heteroatoms. The van der Waals surface area contributed by atoms with Crippen LogP contribution < -0.4 is 10.1 Å². The van der Waals surface area contributed by atoms with E-state index in [-0.39, 0.29) is 12.5 Å². The molecule has 0 aliphatic rings. The van der Waals surface area contributed by atoms with Crippen molar-refractivity contribution in [3.8, 4) is 5.75 Å². The molecule has 6 nitrogen and oxygen atoms in total. The SMILES string of the molecule is Cc1ccnc(NC(=O)COc2cccn3cc(C)nc23)c1. The lowest BCUT2D eigenvalue weighted by Gasteiger charge is -2.08. The minimum absolute atomic E-state index is 0.0960. The van der Waals surface area contributed by atoms with Gasteiger partial charge in [0, 0.05) is 18.6 Å². The van der Waals surface area contributed by atoms with Gasteiger partial charge in [-0.25, -0.2) is 9.97 Å². The first-order valence-corrected chi connectivity index (χ1v) is 6.91. The number of hydrogen-bond acceptors (Lipinski definition) is 4. The van der Waals surface area contributed by atoms with Gasteiger partial charge in [0.05, 0.1) is 5.69 Å². The number of carbonyl (C=O) groups excluding carboxylic acids is 1. The van der Waals surface area contributed by atoms with Gasteiger partial charge in [-0.1, -0.05) is 0 Å². The number of aryl methyl sites for hydroxylation is 2. The van der Waals surface area contributed by atoms with Gasteiger partial charge >= 0.3 is 0 Å². The van der Waals surface area contributed by atoms with E-state index in [2.05, 4.69) is 15.3 Å². The molecule has 0 aliphatic heterocycles. The van der Waals surface area contributed by atoms with Crippen molar-refractivity contribution < 1.29 is 9.53 Å². The van der Waals surface area contributed by atoms with E-state index >= 15 is 0 Å². The van der Waals surface area contributed by atoms with Crippen LogP contribution in [-0.4, -0.2) is 26.9 Å². The summed E-state index contributed by atoms with van der Waals surface area (Å²) in [6.07, 6.45) is 5.44. The predicted molar refractivity (Wildman–Crippen MR) is 83.0 cm³/mol. The Balaban J connectivity index is 1.67. The van der Waals surface area contributed by atoms with Crippen LogP contribution in [0, 0.1) is 13.8 Å². The fraction of sp³-hybridized carbons (Fsp3) is 0.188. The molecule has 0 radical (unpaired) electrons. The molecule has 0 unspecified atom stereocenters. The molecule has 3 aromatic heterocycles. The van der Waals surface area contributed by atoms with Gasteiger partial charge in [0.2, 0.25) is 0 Å². The Morgan fingerprint density at radius 2 is 2.23 bits per heavy atom. The summed E-state index contributed by atoms with van der Waals surface area (Å²) in [5, 5.41) is 2.70. The summed E-state index contributed by atoms with van der Waals surface area (Å²) in [5.74, 6) is 0.829. The lowest BCUT2D eigenvalue weighted by Crippen LogP contribution is -2.21. The van der Waals surface area contributed by atoms with Crippen LogP contribution in [0.15, 0.2) is 42.9 Å². The van der Waals surface area contributed by atoms with Gasteiger partial charge in [-0.05, 0) is 43.7 Å². The van der Waals surface area contributed by atoms with E-state index in [1.54, 1.807) is 18.3 Å². The number of hydrogen-bond donors (Lipinski definition) is 1. The molecule has 3 aromatic rings. The number of nitrogens with one attached hydrogen (secondary N) is 1. The summed E-state index contributed by atoms with van der Waals surface area (Å²) in [4.78, 5) is 20.4. The van der Waals surface area contributed by atoms with Gasteiger partial charge in [0.15, 0.2) is 18.0 Å². The molecule has 3 rings (SSSR count). The van der Waals surface area contributed by atoms with E-state index in [9.17, 15) is 4.79 Å². The molecule has 0 spiro atoms. The molecule has 22 heavy (non-hydrogen) atoms. The Bertz CT molecular complexity index is 826. The number of amides is 1. The number of carbonyl (C=O) groups is 1. The molecular weight excluding hydrogens is 280 g/mol. The molecule has 1 amide bonds. The maximum atomic E-state index is 11.9. The van der Waals surface area contributed by atoms with E-state index in [0.29, 0.717) is 17.2 Å². The van der Waals surface area contributed by atoms with Crippen LogP contribution in [0.4, 0.5) is 5.82 Å². The highest BCUT2D eigenvalue weighted by Gasteiger charge is 2.09. The first-order chi connectivity index (χ1) is 10.6. The van der Waals surface area contributed by atoms with Crippen LogP contribution in [0.1, 0.15) is 11.3 Å². The van der Waals surface area contributed by atoms with E-state index in [4.69, 9.17) is 4.74 Å². The van der Waals surface area contributed by atoms with Crippen molar-refractivity contribution in [1.82, 2.24) is 14.4 Å². The Morgan fingerprint density at radius 1 is 1.36 bits per heavy atom. The average Bonchev–Trinajstić information content (AvgIpc) is 2.86. The quantitative estimate of drug-likeness (QED) is 0.802. The normalized spacial score (nSPS) is 10.6. The van der Waals surface area contributed by atoms with Gasteiger partial charge in [-0.15, -0.1) is 0 Å². The van der Waals surface area contributed by atoms with Crippen LogP contribution in [0.2, 0.25) is 0 Å². The lowest BCUT2D eigenvalue weighted by atomic mass is 10.3. The number of imidazole rings is 1. The highest BCUT2D eigenvalue weighted by molar-refractivity contribution is 5.91. The van der Waals surface area contributed by atoms with Crippen LogP contribution in [0.25, 0.3) is 5.65 Å². The summed E-state index contributed by atoms with van der Waals surface area (Å²) in [7, 11) is 0. The van der Waals surface area contributed by atoms with Crippen LogP contribution in [0.3, 0.4) is 0 Å². The highest BCUT2D eigenvalue weighted by Crippen LogP contribution is 2.18. The molecule has 0 aromatic carbocycles. The zero-order chi connectivity index (χ0) is 15.5. The monoisotopic (exact) mass is 296 g/mol. The Labute approximate surface area is 127 Å². The lowest BCUT2D eigenvalue weighted by molar-refractivity contribution is -0.118. The summed E-state index contributed by atoms with van der Waals surface area (Å²) in [6.45, 7) is 3.75. The largest absolute Gasteiger partial charge is 0.480 e. The molecule has 3 heterocycles. The van der Waals surface area contributed by atoms with E-state index < -0.39 is 0 Å². The van der Waals surface area contributed by atoms with Gasteiger partial charge in [-0.2, -0.15) is 0 Å². The molecular formula is C16H16N4O2. The third-order valence-corrected chi connectivity index (χ3v) is 3.11. The number of rotatable bonds is 4. The van der Waals surface area contributed by atoms with Gasteiger partial charge in [-0.3, -0.25) is 4.79 Å². The maximum absolute atomic E-state index is 11.9. The number of pyridine rings is 2. The second kappa shape index (κ2) is 5.85. The molecule has 0 atom stereocenters. The van der Waals surface area contributed by atoms with E-state index in [1.807, 2.05) is 42.8 Å². The molecule has 0 saturated heterocycles. The number of fused-ring (bicyclic) bond motifs is 1. The number of ether oxygens (including phenoxy) is 1. The van der Waals surface area contributed by atoms with Gasteiger partial charge in [0.1, 0.15) is 5.82 Å². The zero-order valence-electron chi connectivity index (χ0n) is 12.4.